The minimum atomic E-state index is -0.431. The van der Waals surface area contributed by atoms with Crippen molar-refractivity contribution in [3.8, 4) is 0 Å². The van der Waals surface area contributed by atoms with Gasteiger partial charge >= 0.3 is 5.97 Å². The van der Waals surface area contributed by atoms with Gasteiger partial charge in [0, 0.05) is 24.0 Å². The molecule has 6 nitrogen and oxygen atoms in total. The number of piperidine rings is 1. The number of fused-ring (bicyclic) bond motifs is 2. The molecule has 0 radical (unpaired) electrons. The Hall–Kier alpha value is -2.02. The number of para-hydroxylation sites is 1. The second-order valence-corrected chi connectivity index (χ2v) is 9.07. The van der Waals surface area contributed by atoms with Crippen molar-refractivity contribution in [2.45, 2.75) is 55.9 Å². The van der Waals surface area contributed by atoms with Crippen molar-refractivity contribution in [3.05, 3.63) is 24.3 Å². The molecule has 1 aliphatic carbocycles. The van der Waals surface area contributed by atoms with Crippen LogP contribution in [0.2, 0.25) is 0 Å². The lowest BCUT2D eigenvalue weighted by molar-refractivity contribution is -0.154. The normalized spacial score (nSPS) is 23.9. The summed E-state index contributed by atoms with van der Waals surface area (Å²) in [5.41, 5.74) is 0.842. The first-order valence-corrected chi connectivity index (χ1v) is 11.6. The first kappa shape index (κ1) is 20.3. The lowest BCUT2D eigenvalue weighted by Crippen LogP contribution is -2.50. The highest BCUT2D eigenvalue weighted by molar-refractivity contribution is 8.00. The summed E-state index contributed by atoms with van der Waals surface area (Å²) in [6, 6.07) is 8.03. The van der Waals surface area contributed by atoms with Crippen LogP contribution in [0, 0.1) is 5.92 Å². The maximum absolute atomic E-state index is 12.7. The number of hydrogen-bond donors (Lipinski definition) is 0. The van der Waals surface area contributed by atoms with Crippen LogP contribution in [-0.4, -0.2) is 54.2 Å². The van der Waals surface area contributed by atoms with Gasteiger partial charge in [-0.15, -0.1) is 11.8 Å². The molecule has 2 heterocycles. The quantitative estimate of drug-likeness (QED) is 0.690. The lowest BCUT2D eigenvalue weighted by atomic mass is 9.78. The fraction of sp³-hybridized carbons (Fsp3) is 0.591. The van der Waals surface area contributed by atoms with E-state index in [1.807, 2.05) is 29.2 Å². The van der Waals surface area contributed by atoms with Crippen molar-refractivity contribution in [1.82, 2.24) is 4.90 Å². The van der Waals surface area contributed by atoms with Crippen LogP contribution < -0.4 is 4.90 Å². The summed E-state index contributed by atoms with van der Waals surface area (Å²) in [7, 11) is 0. The number of ether oxygens (including phenoxy) is 1. The Morgan fingerprint density at radius 1 is 1.10 bits per heavy atom. The minimum Gasteiger partial charge on any atom is -0.456 e. The zero-order valence-corrected chi connectivity index (χ0v) is 17.5. The maximum Gasteiger partial charge on any atom is 0.308 e. The van der Waals surface area contributed by atoms with Crippen LogP contribution in [0.1, 0.15) is 44.9 Å². The molecule has 0 aromatic heterocycles. The van der Waals surface area contributed by atoms with Gasteiger partial charge in [0.15, 0.2) is 6.61 Å². The predicted octanol–water partition coefficient (Wildman–Crippen LogP) is 3.24. The number of carbonyl (C=O) groups excluding carboxylic acids is 3. The van der Waals surface area contributed by atoms with Gasteiger partial charge in [-0.1, -0.05) is 25.0 Å². The topological polar surface area (TPSA) is 66.9 Å². The van der Waals surface area contributed by atoms with Gasteiger partial charge in [-0.05, 0) is 43.7 Å². The average molecular weight is 417 g/mol. The van der Waals surface area contributed by atoms with Gasteiger partial charge in [0.25, 0.3) is 5.91 Å². The van der Waals surface area contributed by atoms with Crippen molar-refractivity contribution in [1.29, 1.82) is 0 Å². The van der Waals surface area contributed by atoms with Crippen molar-refractivity contribution in [3.63, 3.8) is 0 Å². The summed E-state index contributed by atoms with van der Waals surface area (Å²) in [6.07, 6.45) is 7.04. The monoisotopic (exact) mass is 416 g/mol. The maximum atomic E-state index is 12.7. The van der Waals surface area contributed by atoms with Gasteiger partial charge in [0.1, 0.15) is 0 Å². The van der Waals surface area contributed by atoms with Crippen molar-refractivity contribution >= 4 is 35.2 Å². The molecule has 0 bridgehead atoms. The fourth-order valence-corrected chi connectivity index (χ4v) is 5.77. The second-order valence-electron chi connectivity index (χ2n) is 8.05. The average Bonchev–Trinajstić information content (AvgIpc) is 2.76. The molecular formula is C22H28N2O4S. The number of thioether (sulfide) groups is 1. The van der Waals surface area contributed by atoms with E-state index in [-0.39, 0.29) is 31.4 Å². The highest BCUT2D eigenvalue weighted by atomic mass is 32.2. The number of hydrogen-bond acceptors (Lipinski definition) is 5. The Morgan fingerprint density at radius 3 is 2.79 bits per heavy atom. The molecule has 4 rings (SSSR count). The third-order valence-electron chi connectivity index (χ3n) is 6.27. The smallest absolute Gasteiger partial charge is 0.308 e. The number of anilines is 1. The number of nitrogens with zero attached hydrogens (tertiary/aromatic N) is 2. The zero-order valence-electron chi connectivity index (χ0n) is 16.7. The van der Waals surface area contributed by atoms with E-state index in [1.165, 1.54) is 37.4 Å². The fourth-order valence-electron chi connectivity index (χ4n) is 4.83. The second kappa shape index (κ2) is 9.20. The molecule has 1 saturated heterocycles. The van der Waals surface area contributed by atoms with Crippen molar-refractivity contribution in [2.24, 2.45) is 5.92 Å². The van der Waals surface area contributed by atoms with E-state index < -0.39 is 5.97 Å². The molecule has 1 saturated carbocycles. The van der Waals surface area contributed by atoms with E-state index in [0.717, 1.165) is 30.0 Å². The molecule has 0 unspecified atom stereocenters. The van der Waals surface area contributed by atoms with Crippen molar-refractivity contribution < 1.29 is 19.1 Å². The molecular weight excluding hydrogens is 388 g/mol. The summed E-state index contributed by atoms with van der Waals surface area (Å²) in [6.45, 7) is 0.856. The molecule has 29 heavy (non-hydrogen) atoms. The summed E-state index contributed by atoms with van der Waals surface area (Å²) >= 11 is 1.52. The van der Waals surface area contributed by atoms with E-state index >= 15 is 0 Å². The summed E-state index contributed by atoms with van der Waals surface area (Å²) < 4.78 is 5.28. The molecule has 1 aromatic rings. The van der Waals surface area contributed by atoms with Crippen LogP contribution >= 0.6 is 11.8 Å². The number of rotatable bonds is 5. The van der Waals surface area contributed by atoms with Crippen LogP contribution in [0.4, 0.5) is 5.69 Å². The highest BCUT2D eigenvalue weighted by Crippen LogP contribution is 2.36. The van der Waals surface area contributed by atoms with Gasteiger partial charge < -0.3 is 14.5 Å². The van der Waals surface area contributed by atoms with Gasteiger partial charge in [-0.25, -0.2) is 0 Å². The van der Waals surface area contributed by atoms with Gasteiger partial charge in [-0.3, -0.25) is 14.4 Å². The first-order valence-electron chi connectivity index (χ1n) is 10.6. The Kier molecular flexibility index (Phi) is 6.43. The molecule has 0 N–H and O–H groups in total. The van der Waals surface area contributed by atoms with Crippen LogP contribution in [0.3, 0.4) is 0 Å². The molecule has 3 aliphatic rings. The molecule has 2 aliphatic heterocycles. The first-order chi connectivity index (χ1) is 14.1. The van der Waals surface area contributed by atoms with Crippen LogP contribution in [0.25, 0.3) is 0 Å². The predicted molar refractivity (Wildman–Crippen MR) is 112 cm³/mol. The number of carbonyl (C=O) groups is 3. The van der Waals surface area contributed by atoms with Gasteiger partial charge in [0.05, 0.1) is 17.9 Å². The van der Waals surface area contributed by atoms with E-state index in [1.54, 1.807) is 4.90 Å². The molecule has 2 fully saturated rings. The summed E-state index contributed by atoms with van der Waals surface area (Å²) in [4.78, 5) is 41.8. The van der Waals surface area contributed by atoms with Crippen LogP contribution in [-0.2, 0) is 19.1 Å². The minimum absolute atomic E-state index is 0.00534. The molecule has 156 valence electrons. The SMILES string of the molecule is O=C(CCN1C(=O)CSc2ccccc21)OCC(=O)N1CCC[C@H]2CCCC[C@H]21. The van der Waals surface area contributed by atoms with Crippen molar-refractivity contribution in [2.75, 3.05) is 30.3 Å². The van der Waals surface area contributed by atoms with Gasteiger partial charge in [0.2, 0.25) is 5.91 Å². The Bertz CT molecular complexity index is 782. The van der Waals surface area contributed by atoms with E-state index in [0.29, 0.717) is 17.7 Å². The molecule has 7 heteroatoms. The number of likely N-dealkylation sites (tertiary alicyclic amines) is 1. The third-order valence-corrected chi connectivity index (χ3v) is 7.32. The Morgan fingerprint density at radius 2 is 1.90 bits per heavy atom. The van der Waals surface area contributed by atoms with Crippen LogP contribution in [0.15, 0.2) is 29.2 Å². The molecule has 1 aromatic carbocycles. The number of amides is 2. The molecule has 2 atom stereocenters. The Balaban J connectivity index is 1.27. The zero-order chi connectivity index (χ0) is 20.2. The standard InChI is InChI=1S/C22H28N2O4S/c25-20(23-12-5-7-16-6-1-2-8-17(16)23)14-28-22(27)11-13-24-18-9-3-4-10-19(18)29-15-21(24)26/h3-4,9-10,16-17H,1-2,5-8,11-15H2/t16-,17-/m1/s1. The highest BCUT2D eigenvalue weighted by Gasteiger charge is 2.35. The summed E-state index contributed by atoms with van der Waals surface area (Å²) in [5.74, 6) is 0.474. The van der Waals surface area contributed by atoms with Gasteiger partial charge in [-0.2, -0.15) is 0 Å². The van der Waals surface area contributed by atoms with E-state index in [9.17, 15) is 14.4 Å². The number of esters is 1. The molecule has 2 amide bonds. The number of benzene rings is 1. The Labute approximate surface area is 175 Å². The summed E-state index contributed by atoms with van der Waals surface area (Å²) in [5, 5.41) is 0. The largest absolute Gasteiger partial charge is 0.456 e. The third kappa shape index (κ3) is 4.60. The molecule has 0 spiro atoms. The van der Waals surface area contributed by atoms with Crippen LogP contribution in [0.5, 0.6) is 0 Å². The van der Waals surface area contributed by atoms with E-state index in [4.69, 9.17) is 4.74 Å². The van der Waals surface area contributed by atoms with E-state index in [2.05, 4.69) is 0 Å². The lowest BCUT2D eigenvalue weighted by Gasteiger charge is -2.44.